The molecule has 0 aliphatic rings. The summed E-state index contributed by atoms with van der Waals surface area (Å²) in [6.07, 6.45) is 0. The molecule has 0 aliphatic carbocycles. The monoisotopic (exact) mass is 244 g/mol. The van der Waals surface area contributed by atoms with Crippen LogP contribution in [-0.4, -0.2) is 0 Å². The third-order valence-corrected chi connectivity index (χ3v) is 3.28. The van der Waals surface area contributed by atoms with Gasteiger partial charge in [-0.25, -0.2) is 0 Å². The summed E-state index contributed by atoms with van der Waals surface area (Å²) in [6.45, 7) is 0. The summed E-state index contributed by atoms with van der Waals surface area (Å²) >= 11 is 5.14. The maximum absolute atomic E-state index is 5.14. The summed E-state index contributed by atoms with van der Waals surface area (Å²) in [7, 11) is -0.0447. The lowest BCUT2D eigenvalue weighted by Crippen LogP contribution is -1.85. The smallest absolute Gasteiger partial charge is 0.0104 e. The second kappa shape index (κ2) is 5.79. The largest absolute Gasteiger partial charge is 0.100 e. The van der Waals surface area contributed by atoms with Crippen LogP contribution in [0.15, 0.2) is 66.5 Å². The highest BCUT2D eigenvalue weighted by molar-refractivity contribution is 7.97. The molecular weight excluding hydrogens is 231 g/mol. The van der Waals surface area contributed by atoms with Crippen molar-refractivity contribution in [3.8, 4) is 0 Å². The molecular formula is C14H13PS. The molecule has 0 nitrogen and oxygen atoms in total. The summed E-state index contributed by atoms with van der Waals surface area (Å²) in [5, 5.41) is 0. The van der Waals surface area contributed by atoms with Crippen molar-refractivity contribution < 1.29 is 0 Å². The predicted octanol–water partition coefficient (Wildman–Crippen LogP) is 3.95. The minimum atomic E-state index is -0.0447. The van der Waals surface area contributed by atoms with Crippen LogP contribution in [0.1, 0.15) is 11.1 Å². The minimum absolute atomic E-state index is 0.0447. The molecule has 2 rings (SSSR count). The topological polar surface area (TPSA) is 0 Å². The molecule has 0 heterocycles. The van der Waals surface area contributed by atoms with Crippen molar-refractivity contribution in [2.24, 2.45) is 0 Å². The predicted molar refractivity (Wildman–Crippen MR) is 77.0 cm³/mol. The van der Waals surface area contributed by atoms with E-state index in [9.17, 15) is 0 Å². The van der Waals surface area contributed by atoms with Crippen molar-refractivity contribution in [2.45, 2.75) is 0 Å². The molecule has 0 amide bonds. The maximum atomic E-state index is 5.14. The molecule has 0 saturated heterocycles. The molecule has 0 N–H and O–H groups in total. The first kappa shape index (κ1) is 11.3. The molecule has 80 valence electrons. The van der Waals surface area contributed by atoms with E-state index >= 15 is 0 Å². The summed E-state index contributed by atoms with van der Waals surface area (Å²) < 4.78 is 0. The first-order chi connectivity index (χ1) is 7.92. The first-order valence-electron chi connectivity index (χ1n) is 5.18. The van der Waals surface area contributed by atoms with Crippen LogP contribution < -0.4 is 0 Å². The van der Waals surface area contributed by atoms with Gasteiger partial charge in [0.15, 0.2) is 0 Å². The Morgan fingerprint density at radius 2 is 1.25 bits per heavy atom. The van der Waals surface area contributed by atoms with Crippen LogP contribution in [0, 0.1) is 0 Å². The SMILES string of the molecule is S=[PH2]C=C(c1ccccc1)c1ccccc1. The Bertz CT molecular complexity index is 447. The van der Waals surface area contributed by atoms with Gasteiger partial charge in [0.25, 0.3) is 0 Å². The van der Waals surface area contributed by atoms with Gasteiger partial charge in [-0.05, 0) is 29.9 Å². The Kier molecular flexibility index (Phi) is 4.10. The van der Waals surface area contributed by atoms with Crippen LogP contribution >= 0.6 is 7.36 Å². The molecule has 0 aliphatic heterocycles. The third kappa shape index (κ3) is 2.69. The average molecular weight is 244 g/mol. The molecule has 16 heavy (non-hydrogen) atoms. The van der Waals surface area contributed by atoms with Gasteiger partial charge in [0, 0.05) is 0 Å². The molecule has 0 spiro atoms. The van der Waals surface area contributed by atoms with E-state index in [0.717, 1.165) is 0 Å². The van der Waals surface area contributed by atoms with E-state index < -0.39 is 0 Å². The van der Waals surface area contributed by atoms with Crippen LogP contribution in [0.4, 0.5) is 0 Å². The molecule has 2 aromatic rings. The third-order valence-electron chi connectivity index (χ3n) is 2.40. The lowest BCUT2D eigenvalue weighted by atomic mass is 10.00. The molecule has 0 aromatic heterocycles. The number of benzene rings is 2. The quantitative estimate of drug-likeness (QED) is 0.737. The summed E-state index contributed by atoms with van der Waals surface area (Å²) in [6, 6.07) is 20.8. The molecule has 2 aromatic carbocycles. The van der Waals surface area contributed by atoms with E-state index in [0.29, 0.717) is 0 Å². The molecule has 0 bridgehead atoms. The zero-order valence-corrected chi connectivity index (χ0v) is 10.8. The lowest BCUT2D eigenvalue weighted by molar-refractivity contribution is 1.55. The number of hydrogen-bond acceptors (Lipinski definition) is 1. The van der Waals surface area contributed by atoms with Crippen molar-refractivity contribution in [3.05, 3.63) is 77.6 Å². The fourth-order valence-corrected chi connectivity index (χ4v) is 2.59. The van der Waals surface area contributed by atoms with E-state index in [1.165, 1.54) is 16.7 Å². The van der Waals surface area contributed by atoms with Crippen molar-refractivity contribution in [3.63, 3.8) is 0 Å². The normalized spacial score (nSPS) is 10.5. The van der Waals surface area contributed by atoms with E-state index in [-0.39, 0.29) is 7.36 Å². The van der Waals surface area contributed by atoms with E-state index in [1.54, 1.807) is 0 Å². The molecule has 0 fully saturated rings. The summed E-state index contributed by atoms with van der Waals surface area (Å²) in [5.41, 5.74) is 3.74. The highest BCUT2D eigenvalue weighted by atomic mass is 32.4. The number of rotatable bonds is 3. The summed E-state index contributed by atoms with van der Waals surface area (Å²) in [5.74, 6) is 2.18. The Hall–Kier alpha value is -1.17. The van der Waals surface area contributed by atoms with E-state index in [4.69, 9.17) is 11.8 Å². The van der Waals surface area contributed by atoms with Crippen LogP contribution in [0.25, 0.3) is 5.57 Å². The van der Waals surface area contributed by atoms with E-state index in [2.05, 4.69) is 54.3 Å². The highest BCUT2D eigenvalue weighted by Gasteiger charge is 2.01. The van der Waals surface area contributed by atoms with Crippen LogP contribution in [0.5, 0.6) is 0 Å². The van der Waals surface area contributed by atoms with E-state index in [1.807, 2.05) is 12.1 Å². The second-order valence-electron chi connectivity index (χ2n) is 3.45. The zero-order valence-electron chi connectivity index (χ0n) is 8.84. The van der Waals surface area contributed by atoms with Gasteiger partial charge in [0.05, 0.1) is 0 Å². The Morgan fingerprint density at radius 3 is 1.62 bits per heavy atom. The van der Waals surface area contributed by atoms with Crippen LogP contribution in [0.2, 0.25) is 0 Å². The zero-order chi connectivity index (χ0) is 11.2. The van der Waals surface area contributed by atoms with Gasteiger partial charge in [-0.2, -0.15) is 0 Å². The van der Waals surface area contributed by atoms with Gasteiger partial charge in [-0.15, -0.1) is 11.8 Å². The molecule has 0 saturated carbocycles. The van der Waals surface area contributed by atoms with Gasteiger partial charge in [0.1, 0.15) is 0 Å². The van der Waals surface area contributed by atoms with Crippen molar-refractivity contribution in [2.75, 3.05) is 0 Å². The van der Waals surface area contributed by atoms with Crippen LogP contribution in [0.3, 0.4) is 0 Å². The fraction of sp³-hybridized carbons (Fsp3) is 0. The standard InChI is InChI=1S/C14H13PS/c16-15-11-14(12-7-3-1-4-8-12)13-9-5-2-6-10-13/h1-11H,15H2. The molecule has 2 heteroatoms. The first-order valence-corrected chi connectivity index (χ1v) is 7.73. The molecule has 1 atom stereocenters. The lowest BCUT2D eigenvalue weighted by Gasteiger charge is -2.07. The van der Waals surface area contributed by atoms with Gasteiger partial charge in [-0.1, -0.05) is 60.7 Å². The van der Waals surface area contributed by atoms with Gasteiger partial charge < -0.3 is 0 Å². The second-order valence-corrected chi connectivity index (χ2v) is 4.87. The minimum Gasteiger partial charge on any atom is -0.100 e. The van der Waals surface area contributed by atoms with Crippen molar-refractivity contribution in [1.29, 1.82) is 0 Å². The van der Waals surface area contributed by atoms with Gasteiger partial charge >= 0.3 is 0 Å². The van der Waals surface area contributed by atoms with Crippen LogP contribution in [-0.2, 0) is 11.8 Å². The Morgan fingerprint density at radius 1 is 0.812 bits per heavy atom. The Labute approximate surface area is 102 Å². The highest BCUT2D eigenvalue weighted by Crippen LogP contribution is 2.25. The Balaban J connectivity index is 2.48. The number of hydrogen-bond donors (Lipinski definition) is 0. The van der Waals surface area contributed by atoms with Gasteiger partial charge in [-0.3, -0.25) is 0 Å². The maximum Gasteiger partial charge on any atom is -0.0104 e. The summed E-state index contributed by atoms with van der Waals surface area (Å²) in [4.78, 5) is 0. The molecule has 0 radical (unpaired) electrons. The van der Waals surface area contributed by atoms with Crippen molar-refractivity contribution >= 4 is 24.7 Å². The average Bonchev–Trinajstić information content (AvgIpc) is 2.38. The van der Waals surface area contributed by atoms with Gasteiger partial charge in [0.2, 0.25) is 0 Å². The molecule has 1 unspecified atom stereocenters. The van der Waals surface area contributed by atoms with Crippen molar-refractivity contribution in [1.82, 2.24) is 0 Å². The fourth-order valence-electron chi connectivity index (χ4n) is 1.66.